The highest BCUT2D eigenvalue weighted by Crippen LogP contribution is 2.24. The van der Waals surface area contributed by atoms with E-state index in [0.717, 1.165) is 11.3 Å². The average Bonchev–Trinajstić information content (AvgIpc) is 2.91. The van der Waals surface area contributed by atoms with Crippen LogP contribution in [0, 0.1) is 0 Å². The van der Waals surface area contributed by atoms with Crippen molar-refractivity contribution in [3.8, 4) is 0 Å². The highest BCUT2D eigenvalue weighted by atomic mass is 19.4. The van der Waals surface area contributed by atoms with Crippen LogP contribution in [0.5, 0.6) is 0 Å². The summed E-state index contributed by atoms with van der Waals surface area (Å²) in [5.74, 6) is -0.491. The number of halogens is 3. The van der Waals surface area contributed by atoms with Crippen molar-refractivity contribution in [2.75, 3.05) is 66.1 Å². The summed E-state index contributed by atoms with van der Waals surface area (Å²) < 4.78 is 42.4. The molecule has 10 heteroatoms. The lowest BCUT2D eigenvalue weighted by Crippen LogP contribution is -2.54. The van der Waals surface area contributed by atoms with Crippen LogP contribution in [0.3, 0.4) is 0 Å². The van der Waals surface area contributed by atoms with E-state index in [4.69, 9.17) is 4.74 Å². The molecule has 0 aromatic rings. The van der Waals surface area contributed by atoms with Gasteiger partial charge in [-0.2, -0.15) is 13.2 Å². The van der Waals surface area contributed by atoms with E-state index in [0.29, 0.717) is 52.3 Å². The van der Waals surface area contributed by atoms with Crippen molar-refractivity contribution in [1.82, 2.24) is 20.0 Å². The molecule has 2 saturated heterocycles. The number of ether oxygens (including phenoxy) is 1. The van der Waals surface area contributed by atoms with Crippen LogP contribution in [0.15, 0.2) is 0 Å². The molecule has 0 aliphatic carbocycles. The van der Waals surface area contributed by atoms with Gasteiger partial charge in [-0.25, -0.2) is 0 Å². The molecule has 0 bridgehead atoms. The maximum absolute atomic E-state index is 12.5. The number of piperazine rings is 1. The molecule has 150 valence electrons. The number of rotatable bonds is 8. The van der Waals surface area contributed by atoms with Crippen LogP contribution >= 0.6 is 0 Å². The molecule has 0 radical (unpaired) electrons. The van der Waals surface area contributed by atoms with Crippen molar-refractivity contribution in [1.29, 1.82) is 0 Å². The van der Waals surface area contributed by atoms with Crippen LogP contribution in [0.2, 0.25) is 0 Å². The number of amides is 2. The predicted octanol–water partition coefficient (Wildman–Crippen LogP) is -0.0801. The Bertz CT molecular complexity index is 482. The zero-order valence-electron chi connectivity index (χ0n) is 15.1. The molecule has 1 unspecified atom stereocenters. The van der Waals surface area contributed by atoms with Crippen molar-refractivity contribution < 1.29 is 27.5 Å². The molecule has 26 heavy (non-hydrogen) atoms. The van der Waals surface area contributed by atoms with Crippen LogP contribution in [0.1, 0.15) is 12.8 Å². The van der Waals surface area contributed by atoms with Crippen molar-refractivity contribution >= 4 is 11.8 Å². The molecule has 0 saturated carbocycles. The van der Waals surface area contributed by atoms with Gasteiger partial charge < -0.3 is 15.0 Å². The van der Waals surface area contributed by atoms with E-state index in [9.17, 15) is 22.8 Å². The Morgan fingerprint density at radius 2 is 1.92 bits per heavy atom. The van der Waals surface area contributed by atoms with Crippen molar-refractivity contribution in [3.63, 3.8) is 0 Å². The van der Waals surface area contributed by atoms with Gasteiger partial charge in [0.15, 0.2) is 0 Å². The fourth-order valence-electron chi connectivity index (χ4n) is 3.37. The third kappa shape index (κ3) is 6.40. The summed E-state index contributed by atoms with van der Waals surface area (Å²) >= 11 is 0. The van der Waals surface area contributed by atoms with E-state index in [1.807, 2.05) is 9.80 Å². The summed E-state index contributed by atoms with van der Waals surface area (Å²) in [6.45, 7) is 2.82. The molecule has 0 spiro atoms. The Morgan fingerprint density at radius 3 is 2.54 bits per heavy atom. The molecule has 2 amide bonds. The fourth-order valence-corrected chi connectivity index (χ4v) is 3.37. The van der Waals surface area contributed by atoms with Gasteiger partial charge >= 0.3 is 6.18 Å². The predicted molar refractivity (Wildman–Crippen MR) is 88.6 cm³/mol. The molecule has 7 nitrogen and oxygen atoms in total. The first-order valence-electron chi connectivity index (χ1n) is 8.88. The van der Waals surface area contributed by atoms with Gasteiger partial charge in [0.2, 0.25) is 11.8 Å². The molecule has 2 aliphatic rings. The normalized spacial score (nSPS) is 22.8. The van der Waals surface area contributed by atoms with Gasteiger partial charge in [-0.15, -0.1) is 0 Å². The Morgan fingerprint density at radius 1 is 1.23 bits per heavy atom. The zero-order chi connectivity index (χ0) is 19.2. The molecule has 0 aromatic carbocycles. The van der Waals surface area contributed by atoms with Crippen molar-refractivity contribution in [3.05, 3.63) is 0 Å². The van der Waals surface area contributed by atoms with Crippen LogP contribution < -0.4 is 5.32 Å². The second-order valence-corrected chi connectivity index (χ2v) is 6.69. The highest BCUT2D eigenvalue weighted by molar-refractivity contribution is 5.84. The number of nitrogens with zero attached hydrogens (tertiary/aromatic N) is 3. The number of nitrogens with one attached hydrogen (secondary N) is 1. The van der Waals surface area contributed by atoms with Crippen molar-refractivity contribution in [2.24, 2.45) is 0 Å². The van der Waals surface area contributed by atoms with Gasteiger partial charge in [0.05, 0.1) is 12.6 Å². The van der Waals surface area contributed by atoms with E-state index in [2.05, 4.69) is 5.32 Å². The van der Waals surface area contributed by atoms with E-state index in [1.54, 1.807) is 7.11 Å². The largest absolute Gasteiger partial charge is 0.406 e. The van der Waals surface area contributed by atoms with Crippen LogP contribution in [-0.4, -0.2) is 105 Å². The van der Waals surface area contributed by atoms with Crippen molar-refractivity contribution in [2.45, 2.75) is 25.1 Å². The quantitative estimate of drug-likeness (QED) is 0.597. The van der Waals surface area contributed by atoms with Crippen LogP contribution in [0.4, 0.5) is 13.2 Å². The number of hydrogen-bond donors (Lipinski definition) is 1. The number of likely N-dealkylation sites (tertiary alicyclic amines) is 1. The summed E-state index contributed by atoms with van der Waals surface area (Å²) in [5.41, 5.74) is 0. The first-order valence-corrected chi connectivity index (χ1v) is 8.88. The third-order valence-electron chi connectivity index (χ3n) is 4.70. The number of carbonyl (C=O) groups excluding carboxylic acids is 2. The molecule has 1 atom stereocenters. The number of carbonyl (C=O) groups is 2. The minimum absolute atomic E-state index is 0.0529. The molecule has 0 aromatic heterocycles. The molecule has 1 N–H and O–H groups in total. The zero-order valence-corrected chi connectivity index (χ0v) is 15.1. The molecular weight excluding hydrogens is 353 g/mol. The second-order valence-electron chi connectivity index (χ2n) is 6.69. The Kier molecular flexibility index (Phi) is 7.66. The average molecular weight is 380 g/mol. The van der Waals surface area contributed by atoms with Gasteiger partial charge in [-0.05, 0) is 12.8 Å². The smallest absolute Gasteiger partial charge is 0.385 e. The Labute approximate surface area is 151 Å². The standard InChI is InChI=1S/C16H27F3N4O3/c1-26-10-2-4-20-14(24)11-21-6-8-22(9-7-21)13-3-5-23(15(13)25)12-16(17,18)19/h13H,2-12H2,1H3,(H,20,24). The SMILES string of the molecule is COCCCNC(=O)CN1CCN(C2CCN(CC(F)(F)F)C2=O)CC1. The van der Waals surface area contributed by atoms with Gasteiger partial charge in [0.1, 0.15) is 6.54 Å². The van der Waals surface area contributed by atoms with Gasteiger partial charge in [-0.3, -0.25) is 19.4 Å². The highest BCUT2D eigenvalue weighted by Gasteiger charge is 2.41. The monoisotopic (exact) mass is 380 g/mol. The maximum atomic E-state index is 12.5. The first-order chi connectivity index (χ1) is 12.3. The van der Waals surface area contributed by atoms with Crippen LogP contribution in [-0.2, 0) is 14.3 Å². The first kappa shape index (κ1) is 20.9. The number of methoxy groups -OCH3 is 1. The minimum Gasteiger partial charge on any atom is -0.385 e. The lowest BCUT2D eigenvalue weighted by Gasteiger charge is -2.37. The van der Waals surface area contributed by atoms with Gasteiger partial charge in [0, 0.05) is 53.0 Å². The molecule has 2 heterocycles. The summed E-state index contributed by atoms with van der Waals surface area (Å²) in [7, 11) is 1.61. The minimum atomic E-state index is -4.36. The summed E-state index contributed by atoms with van der Waals surface area (Å²) in [6.07, 6.45) is -3.18. The Hall–Kier alpha value is -1.39. The van der Waals surface area contributed by atoms with E-state index in [-0.39, 0.29) is 12.5 Å². The van der Waals surface area contributed by atoms with E-state index < -0.39 is 24.7 Å². The van der Waals surface area contributed by atoms with Gasteiger partial charge in [-0.1, -0.05) is 0 Å². The Balaban J connectivity index is 1.70. The second kappa shape index (κ2) is 9.52. The number of alkyl halides is 3. The molecule has 2 fully saturated rings. The lowest BCUT2D eigenvalue weighted by atomic mass is 10.2. The van der Waals surface area contributed by atoms with Gasteiger partial charge in [0.25, 0.3) is 0 Å². The van der Waals surface area contributed by atoms with Crippen LogP contribution in [0.25, 0.3) is 0 Å². The summed E-state index contributed by atoms with van der Waals surface area (Å²) in [4.78, 5) is 28.9. The summed E-state index contributed by atoms with van der Waals surface area (Å²) in [6, 6.07) is -0.470. The third-order valence-corrected chi connectivity index (χ3v) is 4.70. The summed E-state index contributed by atoms with van der Waals surface area (Å²) in [5, 5.41) is 2.82. The lowest BCUT2D eigenvalue weighted by molar-refractivity contribution is -0.159. The molecular formula is C16H27F3N4O3. The molecule has 2 aliphatic heterocycles. The maximum Gasteiger partial charge on any atom is 0.406 e. The topological polar surface area (TPSA) is 65.1 Å². The van der Waals surface area contributed by atoms with E-state index >= 15 is 0 Å². The number of hydrogen-bond acceptors (Lipinski definition) is 5. The van der Waals surface area contributed by atoms with E-state index in [1.165, 1.54) is 0 Å². The fraction of sp³-hybridized carbons (Fsp3) is 0.875. The molecule has 2 rings (SSSR count).